The van der Waals surface area contributed by atoms with Crippen LogP contribution in [0.15, 0.2) is 24.4 Å². The van der Waals surface area contributed by atoms with Crippen molar-refractivity contribution in [2.75, 3.05) is 6.61 Å². The molecule has 0 radical (unpaired) electrons. The molecular formula is C11H6FIN2O. The first-order valence-electron chi connectivity index (χ1n) is 4.46. The standard InChI is InChI=1S/C11H6FIN2O/c12-8-6-9(13)11(16-5-3-14)10-7(8)2-1-4-15-10/h1-2,4,6H,5H2. The number of nitrogens with zero attached hydrogens (tertiary/aromatic N) is 2. The summed E-state index contributed by atoms with van der Waals surface area (Å²) < 4.78 is 19.4. The molecule has 0 saturated heterocycles. The molecule has 0 fully saturated rings. The minimum atomic E-state index is -0.336. The first-order valence-corrected chi connectivity index (χ1v) is 5.54. The van der Waals surface area contributed by atoms with E-state index in [9.17, 15) is 4.39 Å². The van der Waals surface area contributed by atoms with Gasteiger partial charge in [0.15, 0.2) is 12.4 Å². The third-order valence-electron chi connectivity index (χ3n) is 2.03. The Morgan fingerprint density at radius 2 is 2.38 bits per heavy atom. The minimum Gasteiger partial charge on any atom is -0.475 e. The largest absolute Gasteiger partial charge is 0.475 e. The maximum Gasteiger partial charge on any atom is 0.174 e. The van der Waals surface area contributed by atoms with E-state index in [1.807, 2.05) is 28.7 Å². The summed E-state index contributed by atoms with van der Waals surface area (Å²) in [7, 11) is 0. The zero-order chi connectivity index (χ0) is 11.5. The summed E-state index contributed by atoms with van der Waals surface area (Å²) in [5.41, 5.74) is 0.446. The van der Waals surface area contributed by atoms with Crippen LogP contribution in [-0.4, -0.2) is 11.6 Å². The van der Waals surface area contributed by atoms with Crippen molar-refractivity contribution in [3.8, 4) is 11.8 Å². The van der Waals surface area contributed by atoms with Crippen molar-refractivity contribution >= 4 is 33.5 Å². The molecule has 1 aromatic heterocycles. The third-order valence-corrected chi connectivity index (χ3v) is 2.83. The maximum absolute atomic E-state index is 13.6. The van der Waals surface area contributed by atoms with Crippen LogP contribution in [-0.2, 0) is 0 Å². The van der Waals surface area contributed by atoms with E-state index < -0.39 is 0 Å². The van der Waals surface area contributed by atoms with Crippen LogP contribution in [0, 0.1) is 20.7 Å². The molecule has 0 amide bonds. The van der Waals surface area contributed by atoms with E-state index in [1.165, 1.54) is 6.07 Å². The topological polar surface area (TPSA) is 45.9 Å². The van der Waals surface area contributed by atoms with Crippen molar-refractivity contribution in [1.82, 2.24) is 4.98 Å². The summed E-state index contributed by atoms with van der Waals surface area (Å²) in [5, 5.41) is 8.87. The molecule has 0 aliphatic rings. The summed E-state index contributed by atoms with van der Waals surface area (Å²) >= 11 is 1.96. The summed E-state index contributed by atoms with van der Waals surface area (Å²) in [6, 6.07) is 6.54. The van der Waals surface area contributed by atoms with Gasteiger partial charge in [-0.25, -0.2) is 4.39 Å². The molecule has 1 heterocycles. The first kappa shape index (κ1) is 11.1. The van der Waals surface area contributed by atoms with Crippen LogP contribution >= 0.6 is 22.6 Å². The van der Waals surface area contributed by atoms with Gasteiger partial charge >= 0.3 is 0 Å². The number of aromatic nitrogens is 1. The molecule has 0 saturated carbocycles. The number of nitriles is 1. The number of hydrogen-bond acceptors (Lipinski definition) is 3. The van der Waals surface area contributed by atoms with Crippen LogP contribution in [0.25, 0.3) is 10.9 Å². The number of hydrogen-bond donors (Lipinski definition) is 0. The lowest BCUT2D eigenvalue weighted by Gasteiger charge is -2.08. The molecule has 16 heavy (non-hydrogen) atoms. The highest BCUT2D eigenvalue weighted by Crippen LogP contribution is 2.31. The van der Waals surface area contributed by atoms with Crippen molar-refractivity contribution in [1.29, 1.82) is 5.26 Å². The average Bonchev–Trinajstić information content (AvgIpc) is 2.29. The molecular weight excluding hydrogens is 322 g/mol. The molecule has 0 aliphatic carbocycles. The highest BCUT2D eigenvalue weighted by atomic mass is 127. The average molecular weight is 328 g/mol. The van der Waals surface area contributed by atoms with Crippen LogP contribution in [0.4, 0.5) is 4.39 Å². The van der Waals surface area contributed by atoms with Crippen LogP contribution in [0.1, 0.15) is 0 Å². The number of halogens is 2. The highest BCUT2D eigenvalue weighted by Gasteiger charge is 2.12. The van der Waals surface area contributed by atoms with Gasteiger partial charge < -0.3 is 4.74 Å². The van der Waals surface area contributed by atoms with Crippen LogP contribution in [0.3, 0.4) is 0 Å². The molecule has 0 aliphatic heterocycles. The fraction of sp³-hybridized carbons (Fsp3) is 0.0909. The lowest BCUT2D eigenvalue weighted by Crippen LogP contribution is -1.99. The van der Waals surface area contributed by atoms with Gasteiger partial charge in [0.05, 0.1) is 3.57 Å². The van der Waals surface area contributed by atoms with Crippen molar-refractivity contribution in [3.63, 3.8) is 0 Å². The van der Waals surface area contributed by atoms with E-state index in [1.54, 1.807) is 18.3 Å². The smallest absolute Gasteiger partial charge is 0.174 e. The minimum absolute atomic E-state index is 0.0761. The Bertz CT molecular complexity index is 580. The molecule has 1 aromatic carbocycles. The van der Waals surface area contributed by atoms with Crippen molar-refractivity contribution in [2.45, 2.75) is 0 Å². The lowest BCUT2D eigenvalue weighted by molar-refractivity contribution is 0.368. The van der Waals surface area contributed by atoms with Gasteiger partial charge in [0, 0.05) is 11.6 Å². The molecule has 3 nitrogen and oxygen atoms in total. The predicted octanol–water partition coefficient (Wildman–Crippen LogP) is 2.88. The van der Waals surface area contributed by atoms with Gasteiger partial charge in [-0.2, -0.15) is 5.26 Å². The van der Waals surface area contributed by atoms with Crippen molar-refractivity contribution < 1.29 is 9.13 Å². The molecule has 0 bridgehead atoms. The number of benzene rings is 1. The van der Waals surface area contributed by atoms with Gasteiger partial charge in [-0.1, -0.05) is 0 Å². The van der Waals surface area contributed by atoms with Gasteiger partial charge in [-0.3, -0.25) is 4.98 Å². The summed E-state index contributed by atoms with van der Waals surface area (Å²) in [6.07, 6.45) is 1.57. The normalized spacial score (nSPS) is 10.1. The van der Waals surface area contributed by atoms with E-state index >= 15 is 0 Å². The fourth-order valence-corrected chi connectivity index (χ4v) is 2.07. The highest BCUT2D eigenvalue weighted by molar-refractivity contribution is 14.1. The maximum atomic E-state index is 13.6. The molecule has 2 aromatic rings. The number of fused-ring (bicyclic) bond motifs is 1. The summed E-state index contributed by atoms with van der Waals surface area (Å²) in [4.78, 5) is 4.08. The van der Waals surface area contributed by atoms with E-state index in [0.29, 0.717) is 20.2 Å². The predicted molar refractivity (Wildman–Crippen MR) is 65.5 cm³/mol. The van der Waals surface area contributed by atoms with E-state index in [-0.39, 0.29) is 12.4 Å². The second-order valence-electron chi connectivity index (χ2n) is 3.02. The SMILES string of the molecule is N#CCOc1c(I)cc(F)c2cccnc12. The van der Waals surface area contributed by atoms with E-state index in [2.05, 4.69) is 4.98 Å². The second kappa shape index (κ2) is 4.61. The van der Waals surface area contributed by atoms with E-state index in [4.69, 9.17) is 10.00 Å². The number of pyridine rings is 1. The lowest BCUT2D eigenvalue weighted by atomic mass is 10.2. The molecule has 5 heteroatoms. The molecule has 2 rings (SSSR count). The van der Waals surface area contributed by atoms with E-state index in [0.717, 1.165) is 0 Å². The third kappa shape index (κ3) is 1.93. The van der Waals surface area contributed by atoms with Gasteiger partial charge in [0.1, 0.15) is 17.4 Å². The number of rotatable bonds is 2. The Morgan fingerprint density at radius 1 is 1.56 bits per heavy atom. The molecule has 0 spiro atoms. The monoisotopic (exact) mass is 328 g/mol. The van der Waals surface area contributed by atoms with Gasteiger partial charge in [0.25, 0.3) is 0 Å². The van der Waals surface area contributed by atoms with Gasteiger partial charge in [-0.15, -0.1) is 0 Å². The Balaban J connectivity index is 2.67. The molecule has 0 N–H and O–H groups in total. The van der Waals surface area contributed by atoms with Crippen molar-refractivity contribution in [2.24, 2.45) is 0 Å². The van der Waals surface area contributed by atoms with Crippen LogP contribution < -0.4 is 4.74 Å². The summed E-state index contributed by atoms with van der Waals surface area (Å²) in [6.45, 7) is -0.0761. The summed E-state index contributed by atoms with van der Waals surface area (Å²) in [5.74, 6) is 0.121. The van der Waals surface area contributed by atoms with Gasteiger partial charge in [-0.05, 0) is 40.8 Å². The van der Waals surface area contributed by atoms with Crippen LogP contribution in [0.2, 0.25) is 0 Å². The quantitative estimate of drug-likeness (QED) is 0.797. The molecule has 0 atom stereocenters. The molecule has 0 unspecified atom stereocenters. The Kier molecular flexibility index (Phi) is 3.19. The fourth-order valence-electron chi connectivity index (χ4n) is 1.39. The van der Waals surface area contributed by atoms with Gasteiger partial charge in [0.2, 0.25) is 0 Å². The Labute approximate surface area is 105 Å². The Hall–Kier alpha value is -1.42. The second-order valence-corrected chi connectivity index (χ2v) is 4.18. The zero-order valence-corrected chi connectivity index (χ0v) is 10.2. The number of ether oxygens (including phenoxy) is 1. The first-order chi connectivity index (χ1) is 7.74. The van der Waals surface area contributed by atoms with Crippen molar-refractivity contribution in [3.05, 3.63) is 33.8 Å². The van der Waals surface area contributed by atoms with Crippen LogP contribution in [0.5, 0.6) is 5.75 Å². The Morgan fingerprint density at radius 3 is 3.12 bits per heavy atom. The zero-order valence-electron chi connectivity index (χ0n) is 8.08. The molecule has 80 valence electrons.